The molecule has 0 radical (unpaired) electrons. The fraction of sp³-hybridized carbons (Fsp3) is 0.920. The molecule has 0 aromatic heterocycles. The third kappa shape index (κ3) is 3.24. The second kappa shape index (κ2) is 7.89. The Morgan fingerprint density at radius 1 is 1.10 bits per heavy atom. The Labute approximate surface area is 177 Å². The zero-order valence-corrected chi connectivity index (χ0v) is 19.2. The minimum Gasteiger partial charge on any atom is -0.342 e. The van der Waals surface area contributed by atoms with Crippen LogP contribution in [0.5, 0.6) is 0 Å². The molecule has 1 saturated heterocycles. The van der Waals surface area contributed by atoms with E-state index in [4.69, 9.17) is 0 Å². The quantitative estimate of drug-likeness (QED) is 0.470. The highest BCUT2D eigenvalue weighted by molar-refractivity contribution is 5.79. The Hall–Kier alpha value is -1.06. The Morgan fingerprint density at radius 3 is 2.62 bits per heavy atom. The standard InChI is InChI=1S/C25H42N2O2/c1-5-6-7-15-27(17-28)22-16-23(29)26(4)21-11-10-18-19-9-8-13-24(19,2)14-12-20(18)25(21,22)3/h17-22H,5-16H2,1-4H3/t18-,19-,20+,21?,22?,24-,25+/m0/s1. The van der Waals surface area contributed by atoms with Gasteiger partial charge in [-0.1, -0.05) is 40.0 Å². The van der Waals surface area contributed by atoms with Crippen molar-refractivity contribution in [2.45, 2.75) is 103 Å². The average molecular weight is 403 g/mol. The second-order valence-corrected chi connectivity index (χ2v) is 11.2. The van der Waals surface area contributed by atoms with Gasteiger partial charge in [0, 0.05) is 37.5 Å². The van der Waals surface area contributed by atoms with Crippen molar-refractivity contribution >= 4 is 12.3 Å². The van der Waals surface area contributed by atoms with Crippen molar-refractivity contribution in [1.82, 2.24) is 9.80 Å². The fourth-order valence-electron chi connectivity index (χ4n) is 8.45. The molecule has 1 heterocycles. The summed E-state index contributed by atoms with van der Waals surface area (Å²) >= 11 is 0. The molecule has 4 fully saturated rings. The number of nitrogens with zero attached hydrogens (tertiary/aromatic N) is 2. The Bertz CT molecular complexity index is 636. The number of carbonyl (C=O) groups excluding carboxylic acids is 2. The van der Waals surface area contributed by atoms with Crippen molar-refractivity contribution < 1.29 is 9.59 Å². The van der Waals surface area contributed by atoms with Crippen LogP contribution in [0.15, 0.2) is 0 Å². The SMILES string of the molecule is CCCCCN(C=O)C1CC(=O)N(C)C2CC[C@@H]3[C@@H](CC[C@]4(C)CCC[C@@H]34)[C@@]12C. The molecule has 4 nitrogen and oxygen atoms in total. The molecule has 0 N–H and O–H groups in total. The summed E-state index contributed by atoms with van der Waals surface area (Å²) in [5.74, 6) is 2.52. The van der Waals surface area contributed by atoms with Crippen molar-refractivity contribution in [3.63, 3.8) is 0 Å². The Morgan fingerprint density at radius 2 is 1.90 bits per heavy atom. The van der Waals surface area contributed by atoms with Gasteiger partial charge < -0.3 is 9.80 Å². The van der Waals surface area contributed by atoms with Gasteiger partial charge in [0.05, 0.1) is 0 Å². The van der Waals surface area contributed by atoms with Crippen LogP contribution < -0.4 is 0 Å². The van der Waals surface area contributed by atoms with E-state index in [0.717, 1.165) is 50.5 Å². The lowest BCUT2D eigenvalue weighted by Gasteiger charge is -2.64. The number of hydrogen-bond donors (Lipinski definition) is 0. The molecule has 0 spiro atoms. The molecule has 3 saturated carbocycles. The molecule has 0 bridgehead atoms. The maximum absolute atomic E-state index is 12.9. The molecule has 4 heteroatoms. The Balaban J connectivity index is 1.67. The maximum Gasteiger partial charge on any atom is 0.224 e. The van der Waals surface area contributed by atoms with Crippen LogP contribution in [0.1, 0.15) is 91.4 Å². The summed E-state index contributed by atoms with van der Waals surface area (Å²) in [5, 5.41) is 0. The number of likely N-dealkylation sites (tertiary alicyclic amines) is 1. The van der Waals surface area contributed by atoms with Crippen LogP contribution >= 0.6 is 0 Å². The molecular weight excluding hydrogens is 360 g/mol. The zero-order valence-electron chi connectivity index (χ0n) is 19.2. The number of unbranched alkanes of at least 4 members (excludes halogenated alkanes) is 2. The van der Waals surface area contributed by atoms with Gasteiger partial charge in [-0.25, -0.2) is 0 Å². The minimum absolute atomic E-state index is 0.0304. The summed E-state index contributed by atoms with van der Waals surface area (Å²) in [6, 6.07) is 0.360. The van der Waals surface area contributed by atoms with Gasteiger partial charge in [-0.05, 0) is 68.1 Å². The highest BCUT2D eigenvalue weighted by Gasteiger charge is 2.62. The molecule has 3 aliphatic carbocycles. The average Bonchev–Trinajstić information content (AvgIpc) is 3.10. The molecule has 2 unspecified atom stereocenters. The van der Waals surface area contributed by atoms with Gasteiger partial charge in [0.15, 0.2) is 0 Å². The van der Waals surface area contributed by atoms with E-state index < -0.39 is 0 Å². The van der Waals surface area contributed by atoms with Crippen LogP contribution in [0.25, 0.3) is 0 Å². The van der Waals surface area contributed by atoms with Gasteiger partial charge in [-0.2, -0.15) is 0 Å². The molecule has 164 valence electrons. The van der Waals surface area contributed by atoms with E-state index in [1.807, 2.05) is 11.9 Å². The number of piperidine rings is 1. The van der Waals surface area contributed by atoms with Gasteiger partial charge in [-0.3, -0.25) is 9.59 Å². The van der Waals surface area contributed by atoms with Gasteiger partial charge in [0.2, 0.25) is 12.3 Å². The van der Waals surface area contributed by atoms with Crippen LogP contribution in [0, 0.1) is 28.6 Å². The number of hydrogen-bond acceptors (Lipinski definition) is 2. The molecule has 0 aromatic rings. The number of carbonyl (C=O) groups is 2. The number of rotatable bonds is 6. The molecule has 29 heavy (non-hydrogen) atoms. The molecule has 4 rings (SSSR count). The van der Waals surface area contributed by atoms with Crippen LogP contribution in [-0.2, 0) is 9.59 Å². The zero-order chi connectivity index (χ0) is 20.8. The monoisotopic (exact) mass is 402 g/mol. The van der Waals surface area contributed by atoms with E-state index in [1.165, 1.54) is 38.5 Å². The van der Waals surface area contributed by atoms with Crippen molar-refractivity contribution in [2.24, 2.45) is 28.6 Å². The van der Waals surface area contributed by atoms with E-state index in [9.17, 15) is 9.59 Å². The van der Waals surface area contributed by atoms with Gasteiger partial charge in [-0.15, -0.1) is 0 Å². The topological polar surface area (TPSA) is 40.6 Å². The van der Waals surface area contributed by atoms with Crippen LogP contribution in [0.4, 0.5) is 0 Å². The molecule has 0 aromatic carbocycles. The van der Waals surface area contributed by atoms with E-state index in [1.54, 1.807) is 0 Å². The summed E-state index contributed by atoms with van der Waals surface area (Å²) < 4.78 is 0. The lowest BCUT2D eigenvalue weighted by atomic mass is 9.46. The normalized spacial score (nSPS) is 44.1. The molecule has 1 aliphatic heterocycles. The van der Waals surface area contributed by atoms with Crippen LogP contribution in [0.3, 0.4) is 0 Å². The summed E-state index contributed by atoms with van der Waals surface area (Å²) in [4.78, 5) is 29.2. The minimum atomic E-state index is 0.0304. The summed E-state index contributed by atoms with van der Waals surface area (Å²) in [6.45, 7) is 8.01. The van der Waals surface area contributed by atoms with Crippen molar-refractivity contribution in [2.75, 3.05) is 13.6 Å². The van der Waals surface area contributed by atoms with Crippen LogP contribution in [0.2, 0.25) is 0 Å². The summed E-state index contributed by atoms with van der Waals surface area (Å²) in [7, 11) is 2.02. The largest absolute Gasteiger partial charge is 0.342 e. The lowest BCUT2D eigenvalue weighted by Crippen LogP contribution is -2.69. The van der Waals surface area contributed by atoms with Crippen molar-refractivity contribution in [3.8, 4) is 0 Å². The smallest absolute Gasteiger partial charge is 0.224 e. The molecule has 4 aliphatic rings. The summed E-state index contributed by atoms with van der Waals surface area (Å²) in [6.07, 6.45) is 14.1. The molecule has 2 amide bonds. The molecule has 7 atom stereocenters. The van der Waals surface area contributed by atoms with Crippen LogP contribution in [-0.4, -0.2) is 47.8 Å². The van der Waals surface area contributed by atoms with Gasteiger partial charge in [0.25, 0.3) is 0 Å². The van der Waals surface area contributed by atoms with Gasteiger partial charge >= 0.3 is 0 Å². The first-order valence-corrected chi connectivity index (χ1v) is 12.3. The fourth-order valence-corrected chi connectivity index (χ4v) is 8.45. The van der Waals surface area contributed by atoms with Crippen molar-refractivity contribution in [1.29, 1.82) is 0 Å². The highest BCUT2D eigenvalue weighted by atomic mass is 16.2. The second-order valence-electron chi connectivity index (χ2n) is 11.2. The third-order valence-corrected chi connectivity index (χ3v) is 10.0. The summed E-state index contributed by atoms with van der Waals surface area (Å²) in [5.41, 5.74) is 0.574. The number of amides is 2. The first-order valence-electron chi connectivity index (χ1n) is 12.3. The van der Waals surface area contributed by atoms with E-state index in [0.29, 0.717) is 17.8 Å². The first kappa shape index (κ1) is 21.2. The predicted octanol–water partition coefficient (Wildman–Crippen LogP) is 4.87. The first-order chi connectivity index (χ1) is 13.9. The lowest BCUT2D eigenvalue weighted by molar-refractivity contribution is -0.175. The predicted molar refractivity (Wildman–Crippen MR) is 116 cm³/mol. The maximum atomic E-state index is 12.9. The van der Waals surface area contributed by atoms with E-state index in [-0.39, 0.29) is 23.4 Å². The Kier molecular flexibility index (Phi) is 5.76. The van der Waals surface area contributed by atoms with Crippen molar-refractivity contribution in [3.05, 3.63) is 0 Å². The van der Waals surface area contributed by atoms with E-state index >= 15 is 0 Å². The highest BCUT2D eigenvalue weighted by Crippen LogP contribution is 2.65. The third-order valence-electron chi connectivity index (χ3n) is 10.0. The number of fused-ring (bicyclic) bond motifs is 5. The van der Waals surface area contributed by atoms with Gasteiger partial charge in [0.1, 0.15) is 0 Å². The van der Waals surface area contributed by atoms with E-state index in [2.05, 4.69) is 25.7 Å². The molecular formula is C25H42N2O2.